The predicted molar refractivity (Wildman–Crippen MR) is 127 cm³/mol. The van der Waals surface area contributed by atoms with Gasteiger partial charge >= 0.3 is 5.97 Å². The van der Waals surface area contributed by atoms with E-state index >= 15 is 0 Å². The van der Waals surface area contributed by atoms with Crippen molar-refractivity contribution in [3.8, 4) is 17.2 Å². The molecular formula is C23H21N3O7S. The Hall–Kier alpha value is -4.12. The van der Waals surface area contributed by atoms with Crippen molar-refractivity contribution in [2.45, 2.75) is 6.61 Å². The highest BCUT2D eigenvalue weighted by atomic mass is 32.2. The molecule has 10 nitrogen and oxygen atoms in total. The van der Waals surface area contributed by atoms with Crippen LogP contribution in [-0.4, -0.2) is 50.9 Å². The molecule has 2 aromatic rings. The molecule has 1 aliphatic rings. The summed E-state index contributed by atoms with van der Waals surface area (Å²) < 4.78 is 21.1. The quantitative estimate of drug-likeness (QED) is 0.190. The number of amides is 1. The van der Waals surface area contributed by atoms with Gasteiger partial charge in [0.25, 0.3) is 5.91 Å². The van der Waals surface area contributed by atoms with Gasteiger partial charge in [0.05, 0.1) is 32.4 Å². The van der Waals surface area contributed by atoms with Gasteiger partial charge in [0.15, 0.2) is 16.7 Å². The van der Waals surface area contributed by atoms with Crippen LogP contribution < -0.4 is 19.5 Å². The van der Waals surface area contributed by atoms with Crippen molar-refractivity contribution in [3.63, 3.8) is 0 Å². The van der Waals surface area contributed by atoms with Gasteiger partial charge in [-0.3, -0.25) is 14.9 Å². The summed E-state index contributed by atoms with van der Waals surface area (Å²) in [5, 5.41) is 10.7. The number of aldehydes is 1. The third kappa shape index (κ3) is 6.23. The van der Waals surface area contributed by atoms with Crippen LogP contribution in [0, 0.1) is 0 Å². The van der Waals surface area contributed by atoms with Crippen LogP contribution in [0.4, 0.5) is 0 Å². The van der Waals surface area contributed by atoms with Crippen molar-refractivity contribution in [2.24, 2.45) is 10.2 Å². The first-order chi connectivity index (χ1) is 16.5. The van der Waals surface area contributed by atoms with Crippen molar-refractivity contribution in [2.75, 3.05) is 21.3 Å². The molecule has 1 amide bonds. The zero-order chi connectivity index (χ0) is 24.5. The molecule has 1 saturated heterocycles. The number of methoxy groups -OCH3 is 3. The molecule has 2 aromatic carbocycles. The van der Waals surface area contributed by atoms with Gasteiger partial charge in [-0.15, -0.1) is 5.10 Å². The number of hydrogen-bond donors (Lipinski definition) is 1. The first-order valence-corrected chi connectivity index (χ1v) is 10.6. The summed E-state index contributed by atoms with van der Waals surface area (Å²) in [6, 6.07) is 10.3. The molecular weight excluding hydrogens is 462 g/mol. The SMILES string of the molecule is COC(=O)/C=C1/S/C(=N\N=Cc2ccc(OCc3cc(C=O)ccc3OC)c(OC)c2)NC1=O. The Morgan fingerprint density at radius 1 is 1.03 bits per heavy atom. The van der Waals surface area contributed by atoms with Gasteiger partial charge in [-0.1, -0.05) is 0 Å². The van der Waals surface area contributed by atoms with E-state index in [1.807, 2.05) is 0 Å². The second-order valence-electron chi connectivity index (χ2n) is 6.63. The number of rotatable bonds is 9. The maximum atomic E-state index is 11.8. The Morgan fingerprint density at radius 3 is 2.47 bits per heavy atom. The van der Waals surface area contributed by atoms with Crippen LogP contribution >= 0.6 is 11.8 Å². The molecule has 0 saturated carbocycles. The lowest BCUT2D eigenvalue weighted by atomic mass is 10.1. The van der Waals surface area contributed by atoms with Crippen LogP contribution in [0.25, 0.3) is 0 Å². The van der Waals surface area contributed by atoms with Crippen LogP contribution in [0.3, 0.4) is 0 Å². The van der Waals surface area contributed by atoms with E-state index in [2.05, 4.69) is 20.3 Å². The third-order valence-electron chi connectivity index (χ3n) is 4.47. The Bertz CT molecular complexity index is 1190. The van der Waals surface area contributed by atoms with E-state index in [4.69, 9.17) is 14.2 Å². The van der Waals surface area contributed by atoms with Crippen LogP contribution in [0.2, 0.25) is 0 Å². The summed E-state index contributed by atoms with van der Waals surface area (Å²) in [5.41, 5.74) is 1.91. The lowest BCUT2D eigenvalue weighted by Gasteiger charge is -2.13. The van der Waals surface area contributed by atoms with Gasteiger partial charge < -0.3 is 18.9 Å². The van der Waals surface area contributed by atoms with Gasteiger partial charge in [0, 0.05) is 17.2 Å². The van der Waals surface area contributed by atoms with E-state index in [-0.39, 0.29) is 16.7 Å². The van der Waals surface area contributed by atoms with Crippen LogP contribution in [-0.2, 0) is 20.9 Å². The maximum Gasteiger partial charge on any atom is 0.331 e. The largest absolute Gasteiger partial charge is 0.496 e. The van der Waals surface area contributed by atoms with Crippen molar-refractivity contribution < 1.29 is 33.3 Å². The van der Waals surface area contributed by atoms with Gasteiger partial charge in [0.1, 0.15) is 18.6 Å². The fraction of sp³-hybridized carbons (Fsp3) is 0.174. The molecule has 0 spiro atoms. The number of hydrogen-bond acceptors (Lipinski definition) is 10. The molecule has 0 aromatic heterocycles. The average molecular weight is 484 g/mol. The predicted octanol–water partition coefficient (Wildman–Crippen LogP) is 2.71. The van der Waals surface area contributed by atoms with Gasteiger partial charge in [0.2, 0.25) is 0 Å². The number of carbonyl (C=O) groups excluding carboxylic acids is 3. The molecule has 176 valence electrons. The molecule has 1 heterocycles. The number of amidine groups is 1. The lowest BCUT2D eigenvalue weighted by Crippen LogP contribution is -2.19. The molecule has 3 rings (SSSR count). The molecule has 1 N–H and O–H groups in total. The molecule has 0 bridgehead atoms. The Labute approximate surface area is 199 Å². The number of ether oxygens (including phenoxy) is 4. The second-order valence-corrected chi connectivity index (χ2v) is 7.66. The third-order valence-corrected chi connectivity index (χ3v) is 5.37. The van der Waals surface area contributed by atoms with Gasteiger partial charge in [-0.05, 0) is 53.7 Å². The Morgan fingerprint density at radius 2 is 1.76 bits per heavy atom. The highest BCUT2D eigenvalue weighted by Crippen LogP contribution is 2.30. The normalized spacial score (nSPS) is 15.4. The minimum Gasteiger partial charge on any atom is -0.496 e. The number of carbonyl (C=O) groups is 3. The summed E-state index contributed by atoms with van der Waals surface area (Å²) in [6.07, 6.45) is 3.32. The highest BCUT2D eigenvalue weighted by molar-refractivity contribution is 8.18. The maximum absolute atomic E-state index is 11.8. The van der Waals surface area contributed by atoms with E-state index in [0.717, 1.165) is 24.1 Å². The van der Waals surface area contributed by atoms with Crippen LogP contribution in [0.1, 0.15) is 21.5 Å². The van der Waals surface area contributed by atoms with Crippen molar-refractivity contribution >= 4 is 41.3 Å². The van der Waals surface area contributed by atoms with E-state index in [9.17, 15) is 14.4 Å². The minimum atomic E-state index is -0.633. The minimum absolute atomic E-state index is 0.166. The molecule has 34 heavy (non-hydrogen) atoms. The summed E-state index contributed by atoms with van der Waals surface area (Å²) in [5.74, 6) is 0.470. The number of esters is 1. The monoisotopic (exact) mass is 483 g/mol. The molecule has 1 aliphatic heterocycles. The lowest BCUT2D eigenvalue weighted by molar-refractivity contribution is -0.135. The second kappa shape index (κ2) is 11.7. The topological polar surface area (TPSA) is 125 Å². The molecule has 0 unspecified atom stereocenters. The fourth-order valence-electron chi connectivity index (χ4n) is 2.81. The van der Waals surface area contributed by atoms with Gasteiger partial charge in [-0.2, -0.15) is 5.10 Å². The number of nitrogens with one attached hydrogen (secondary N) is 1. The number of nitrogens with zero attached hydrogens (tertiary/aromatic N) is 2. The molecule has 0 radical (unpaired) electrons. The molecule has 0 aliphatic carbocycles. The zero-order valence-corrected chi connectivity index (χ0v) is 19.4. The van der Waals surface area contributed by atoms with E-state index in [1.54, 1.807) is 43.5 Å². The van der Waals surface area contributed by atoms with Crippen LogP contribution in [0.15, 0.2) is 57.6 Å². The first-order valence-electron chi connectivity index (χ1n) is 9.80. The molecule has 0 atom stereocenters. The average Bonchev–Trinajstić information content (AvgIpc) is 3.21. The van der Waals surface area contributed by atoms with Crippen molar-refractivity contribution in [1.29, 1.82) is 0 Å². The van der Waals surface area contributed by atoms with Gasteiger partial charge in [-0.25, -0.2) is 4.79 Å². The number of benzene rings is 2. The van der Waals surface area contributed by atoms with E-state index in [0.29, 0.717) is 33.9 Å². The Kier molecular flexibility index (Phi) is 8.41. The van der Waals surface area contributed by atoms with E-state index in [1.165, 1.54) is 20.4 Å². The highest BCUT2D eigenvalue weighted by Gasteiger charge is 2.25. The summed E-state index contributed by atoms with van der Waals surface area (Å²) in [4.78, 5) is 34.4. The molecule has 11 heteroatoms. The zero-order valence-electron chi connectivity index (χ0n) is 18.6. The molecule has 1 fully saturated rings. The van der Waals surface area contributed by atoms with E-state index < -0.39 is 11.9 Å². The summed E-state index contributed by atoms with van der Waals surface area (Å²) in [6.45, 7) is 0.167. The first kappa shape index (κ1) is 24.5. The van der Waals surface area contributed by atoms with Crippen molar-refractivity contribution in [3.05, 3.63) is 64.1 Å². The van der Waals surface area contributed by atoms with Crippen LogP contribution in [0.5, 0.6) is 17.2 Å². The number of thioether (sulfide) groups is 1. The fourth-order valence-corrected chi connectivity index (χ4v) is 3.55. The Balaban J connectivity index is 1.69. The van der Waals surface area contributed by atoms with Crippen molar-refractivity contribution in [1.82, 2.24) is 5.32 Å². The summed E-state index contributed by atoms with van der Waals surface area (Å²) in [7, 11) is 4.28. The smallest absolute Gasteiger partial charge is 0.331 e. The summed E-state index contributed by atoms with van der Waals surface area (Å²) >= 11 is 0.977. The standard InChI is InChI=1S/C23H21N3O7S/c1-30-17-6-5-15(12-27)8-16(17)13-33-18-7-4-14(9-19(18)31-2)11-24-26-23-25-22(29)20(34-23)10-21(28)32-3/h4-12H,13H2,1-3H3,(H,25,26,29)/b20-10+,24-11?.